The maximum absolute atomic E-state index is 5.64. The molecule has 2 nitrogen and oxygen atoms in total. The van der Waals surface area contributed by atoms with Crippen LogP contribution in [0.3, 0.4) is 0 Å². The van der Waals surface area contributed by atoms with Crippen LogP contribution in [0.1, 0.15) is 33.1 Å². The third-order valence-corrected chi connectivity index (χ3v) is 2.91. The van der Waals surface area contributed by atoms with Gasteiger partial charge in [0.2, 0.25) is 0 Å². The maximum Gasteiger partial charge on any atom is 0.0519 e. The first-order valence-electron chi connectivity index (χ1n) is 5.37. The van der Waals surface area contributed by atoms with Crippen LogP contribution < -0.4 is 0 Å². The van der Waals surface area contributed by atoms with Crippen molar-refractivity contribution in [3.63, 3.8) is 0 Å². The Hall–Kier alpha value is -0.0800. The van der Waals surface area contributed by atoms with E-state index in [1.54, 1.807) is 0 Å². The first-order valence-corrected chi connectivity index (χ1v) is 5.37. The van der Waals surface area contributed by atoms with E-state index in [0.29, 0.717) is 6.10 Å². The van der Waals surface area contributed by atoms with Crippen molar-refractivity contribution >= 4 is 0 Å². The second-order valence-corrected chi connectivity index (χ2v) is 4.68. The average molecular weight is 185 g/mol. The number of hydrogen-bond acceptors (Lipinski definition) is 2. The van der Waals surface area contributed by atoms with Gasteiger partial charge in [-0.25, -0.2) is 0 Å². The van der Waals surface area contributed by atoms with E-state index in [1.165, 1.54) is 19.3 Å². The van der Waals surface area contributed by atoms with Gasteiger partial charge in [0.1, 0.15) is 0 Å². The van der Waals surface area contributed by atoms with Gasteiger partial charge >= 0.3 is 0 Å². The molecule has 1 rings (SSSR count). The van der Waals surface area contributed by atoms with Gasteiger partial charge in [-0.1, -0.05) is 0 Å². The van der Waals surface area contributed by atoms with Crippen LogP contribution in [-0.4, -0.2) is 37.7 Å². The van der Waals surface area contributed by atoms with Crippen molar-refractivity contribution in [2.45, 2.75) is 45.3 Å². The van der Waals surface area contributed by atoms with Gasteiger partial charge < -0.3 is 9.64 Å². The van der Waals surface area contributed by atoms with E-state index in [-0.39, 0.29) is 0 Å². The highest BCUT2D eigenvalue weighted by Crippen LogP contribution is 2.28. The summed E-state index contributed by atoms with van der Waals surface area (Å²) in [6, 6.07) is 0.792. The van der Waals surface area contributed by atoms with Gasteiger partial charge in [-0.05, 0) is 53.1 Å². The Morgan fingerprint density at radius 3 is 2.46 bits per heavy atom. The Labute approximate surface area is 82.3 Å². The summed E-state index contributed by atoms with van der Waals surface area (Å²) < 4.78 is 5.64. The van der Waals surface area contributed by atoms with Crippen molar-refractivity contribution in [2.24, 2.45) is 5.92 Å². The molecule has 0 spiro atoms. The highest BCUT2D eigenvalue weighted by atomic mass is 16.5. The average Bonchev–Trinajstić information content (AvgIpc) is 2.48. The Bertz CT molecular complexity index is 145. The Morgan fingerprint density at radius 1 is 1.31 bits per heavy atom. The molecular formula is C11H23NO. The number of rotatable bonds is 4. The predicted octanol–water partition coefficient (Wildman–Crippen LogP) is 2.14. The molecule has 1 aliphatic rings. The number of hydrogen-bond donors (Lipinski definition) is 0. The van der Waals surface area contributed by atoms with E-state index >= 15 is 0 Å². The molecule has 0 heterocycles. The molecule has 0 aromatic heterocycles. The molecule has 0 radical (unpaired) electrons. The minimum Gasteiger partial charge on any atom is -0.379 e. The monoisotopic (exact) mass is 185 g/mol. The summed E-state index contributed by atoms with van der Waals surface area (Å²) in [7, 11) is 4.35. The number of nitrogens with zero attached hydrogens (tertiary/aromatic N) is 1. The summed E-state index contributed by atoms with van der Waals surface area (Å²) in [5, 5.41) is 0. The zero-order valence-electron chi connectivity index (χ0n) is 9.42. The molecule has 0 unspecified atom stereocenters. The van der Waals surface area contributed by atoms with Gasteiger partial charge in [-0.15, -0.1) is 0 Å². The van der Waals surface area contributed by atoms with Crippen LogP contribution in [0.15, 0.2) is 0 Å². The lowest BCUT2D eigenvalue weighted by Crippen LogP contribution is -2.25. The fourth-order valence-electron chi connectivity index (χ4n) is 2.00. The first-order chi connectivity index (χ1) is 6.09. The Balaban J connectivity index is 2.17. The third-order valence-electron chi connectivity index (χ3n) is 2.91. The quantitative estimate of drug-likeness (QED) is 0.665. The molecule has 13 heavy (non-hydrogen) atoms. The van der Waals surface area contributed by atoms with Crippen LogP contribution in [0.2, 0.25) is 0 Å². The normalized spacial score (nSPS) is 29.1. The van der Waals surface area contributed by atoms with Crippen LogP contribution in [0, 0.1) is 5.92 Å². The Kier molecular flexibility index (Phi) is 4.20. The van der Waals surface area contributed by atoms with Crippen LogP contribution in [0.4, 0.5) is 0 Å². The van der Waals surface area contributed by atoms with Crippen molar-refractivity contribution in [1.29, 1.82) is 0 Å². The second kappa shape index (κ2) is 4.97. The molecule has 1 saturated carbocycles. The van der Waals surface area contributed by atoms with Crippen molar-refractivity contribution in [3.05, 3.63) is 0 Å². The third kappa shape index (κ3) is 3.65. The molecule has 0 aliphatic heterocycles. The summed E-state index contributed by atoms with van der Waals surface area (Å²) in [4.78, 5) is 2.34. The van der Waals surface area contributed by atoms with Gasteiger partial charge in [0, 0.05) is 12.6 Å². The van der Waals surface area contributed by atoms with E-state index in [9.17, 15) is 0 Å². The zero-order chi connectivity index (χ0) is 9.84. The van der Waals surface area contributed by atoms with Crippen LogP contribution in [0.5, 0.6) is 0 Å². The van der Waals surface area contributed by atoms with Gasteiger partial charge in [0.25, 0.3) is 0 Å². The highest BCUT2D eigenvalue weighted by molar-refractivity contribution is 4.80. The first kappa shape index (κ1) is 11.0. The smallest absolute Gasteiger partial charge is 0.0519 e. The lowest BCUT2D eigenvalue weighted by atomic mass is 10.1. The molecule has 2 atom stereocenters. The number of ether oxygens (including phenoxy) is 1. The molecule has 1 aliphatic carbocycles. The summed E-state index contributed by atoms with van der Waals surface area (Å²) in [6.45, 7) is 5.18. The molecule has 78 valence electrons. The highest BCUT2D eigenvalue weighted by Gasteiger charge is 2.25. The fourth-order valence-corrected chi connectivity index (χ4v) is 2.00. The van der Waals surface area contributed by atoms with Crippen LogP contribution >= 0.6 is 0 Å². The summed E-state index contributed by atoms with van der Waals surface area (Å²) in [5.41, 5.74) is 0. The van der Waals surface area contributed by atoms with Gasteiger partial charge in [-0.3, -0.25) is 0 Å². The zero-order valence-corrected chi connectivity index (χ0v) is 9.42. The van der Waals surface area contributed by atoms with Gasteiger partial charge in [0.15, 0.2) is 0 Å². The molecule has 0 N–H and O–H groups in total. The van der Waals surface area contributed by atoms with Crippen molar-refractivity contribution < 1.29 is 4.74 Å². The molecule has 0 saturated heterocycles. The van der Waals surface area contributed by atoms with Crippen LogP contribution in [-0.2, 0) is 4.74 Å². The van der Waals surface area contributed by atoms with Gasteiger partial charge in [0.05, 0.1) is 6.10 Å². The van der Waals surface area contributed by atoms with E-state index < -0.39 is 0 Å². The summed E-state index contributed by atoms with van der Waals surface area (Å²) in [6.07, 6.45) is 4.40. The molecule has 0 aromatic rings. The summed E-state index contributed by atoms with van der Waals surface area (Å²) >= 11 is 0. The molecule has 0 aromatic carbocycles. The maximum atomic E-state index is 5.64. The standard InChI is InChI=1S/C11H23NO/c1-9(2)13-8-10-5-6-11(7-10)12(3)4/h9-11H,5-8H2,1-4H3/t10-,11+/m0/s1. The molecule has 0 amide bonds. The lowest BCUT2D eigenvalue weighted by Gasteiger charge is -2.19. The van der Waals surface area contributed by atoms with Crippen molar-refractivity contribution in [1.82, 2.24) is 4.90 Å². The van der Waals surface area contributed by atoms with E-state index in [0.717, 1.165) is 18.6 Å². The van der Waals surface area contributed by atoms with E-state index in [1.807, 2.05) is 0 Å². The SMILES string of the molecule is CC(C)OC[C@H]1CC[C@@H](N(C)C)C1. The molecule has 1 fully saturated rings. The largest absolute Gasteiger partial charge is 0.379 e. The predicted molar refractivity (Wildman–Crippen MR) is 55.9 cm³/mol. The molecule has 0 bridgehead atoms. The minimum absolute atomic E-state index is 0.387. The van der Waals surface area contributed by atoms with Crippen molar-refractivity contribution in [2.75, 3.05) is 20.7 Å². The Morgan fingerprint density at radius 2 is 2.00 bits per heavy atom. The fraction of sp³-hybridized carbons (Fsp3) is 1.00. The van der Waals surface area contributed by atoms with Crippen molar-refractivity contribution in [3.8, 4) is 0 Å². The molecular weight excluding hydrogens is 162 g/mol. The van der Waals surface area contributed by atoms with E-state index in [4.69, 9.17) is 4.74 Å². The van der Waals surface area contributed by atoms with Gasteiger partial charge in [-0.2, -0.15) is 0 Å². The molecule has 2 heteroatoms. The minimum atomic E-state index is 0.387. The topological polar surface area (TPSA) is 12.5 Å². The lowest BCUT2D eigenvalue weighted by molar-refractivity contribution is 0.0511. The van der Waals surface area contributed by atoms with Crippen LogP contribution in [0.25, 0.3) is 0 Å². The summed E-state index contributed by atoms with van der Waals surface area (Å²) in [5.74, 6) is 0.801. The second-order valence-electron chi connectivity index (χ2n) is 4.68. The van der Waals surface area contributed by atoms with E-state index in [2.05, 4.69) is 32.8 Å².